The van der Waals surface area contributed by atoms with Crippen molar-refractivity contribution in [1.82, 2.24) is 0 Å². The van der Waals surface area contributed by atoms with Crippen molar-refractivity contribution in [2.45, 2.75) is 13.3 Å². The maximum absolute atomic E-state index is 11.6. The summed E-state index contributed by atoms with van der Waals surface area (Å²) in [4.78, 5) is 22.6. The normalized spacial score (nSPS) is 9.69. The van der Waals surface area contributed by atoms with E-state index >= 15 is 0 Å². The van der Waals surface area contributed by atoms with Gasteiger partial charge < -0.3 is 9.47 Å². The van der Waals surface area contributed by atoms with E-state index in [-0.39, 0.29) is 12.2 Å². The fourth-order valence-electron chi connectivity index (χ4n) is 1.36. The quantitative estimate of drug-likeness (QED) is 0.442. The van der Waals surface area contributed by atoms with Crippen LogP contribution in [-0.2, 0) is 9.53 Å². The minimum atomic E-state index is -0.529. The highest BCUT2D eigenvalue weighted by molar-refractivity contribution is 6.06. The number of hydrogen-bond acceptors (Lipinski definition) is 4. The Kier molecular flexibility index (Phi) is 4.05. The average Bonchev–Trinajstić information content (AvgIpc) is 2.28. The lowest BCUT2D eigenvalue weighted by Gasteiger charge is -2.06. The van der Waals surface area contributed by atoms with Crippen LogP contribution in [0, 0.1) is 6.92 Å². The Morgan fingerprint density at radius 2 is 1.94 bits per heavy atom. The van der Waals surface area contributed by atoms with E-state index in [1.807, 2.05) is 6.92 Å². The van der Waals surface area contributed by atoms with E-state index in [1.54, 1.807) is 25.3 Å². The van der Waals surface area contributed by atoms with Crippen LogP contribution < -0.4 is 4.74 Å². The molecule has 0 aliphatic rings. The third kappa shape index (κ3) is 2.82. The molecule has 0 spiro atoms. The van der Waals surface area contributed by atoms with Gasteiger partial charge in [0, 0.05) is 5.56 Å². The number of hydrogen-bond donors (Lipinski definition) is 0. The molecule has 4 heteroatoms. The smallest absolute Gasteiger partial charge is 0.313 e. The van der Waals surface area contributed by atoms with Gasteiger partial charge in [0.05, 0.1) is 14.2 Å². The number of rotatable bonds is 4. The second-order valence-electron chi connectivity index (χ2n) is 3.36. The Bertz CT molecular complexity index is 409. The highest BCUT2D eigenvalue weighted by Gasteiger charge is 2.12. The Labute approximate surface area is 94.2 Å². The van der Waals surface area contributed by atoms with Gasteiger partial charge in [-0.1, -0.05) is 0 Å². The molecule has 16 heavy (non-hydrogen) atoms. The van der Waals surface area contributed by atoms with Crippen LogP contribution in [0.15, 0.2) is 18.2 Å². The monoisotopic (exact) mass is 222 g/mol. The largest absolute Gasteiger partial charge is 0.496 e. The van der Waals surface area contributed by atoms with Crippen molar-refractivity contribution in [2.24, 2.45) is 0 Å². The molecule has 0 radical (unpaired) electrons. The van der Waals surface area contributed by atoms with E-state index < -0.39 is 5.97 Å². The molecule has 0 aliphatic heterocycles. The summed E-state index contributed by atoms with van der Waals surface area (Å²) in [5.41, 5.74) is 1.35. The number of carbonyl (C=O) groups is 2. The maximum atomic E-state index is 11.6. The summed E-state index contributed by atoms with van der Waals surface area (Å²) < 4.78 is 9.51. The molecule has 0 unspecified atom stereocenters. The lowest BCUT2D eigenvalue weighted by molar-refractivity contribution is -0.139. The van der Waals surface area contributed by atoms with Crippen LogP contribution in [0.3, 0.4) is 0 Å². The Morgan fingerprint density at radius 3 is 2.44 bits per heavy atom. The first-order chi connectivity index (χ1) is 7.58. The minimum absolute atomic E-state index is 0.234. The van der Waals surface area contributed by atoms with Crippen LogP contribution in [0.4, 0.5) is 0 Å². The zero-order chi connectivity index (χ0) is 12.1. The van der Waals surface area contributed by atoms with Crippen LogP contribution in [0.25, 0.3) is 0 Å². The molecular weight excluding hydrogens is 208 g/mol. The predicted octanol–water partition coefficient (Wildman–Crippen LogP) is 1.75. The second-order valence-corrected chi connectivity index (χ2v) is 3.36. The van der Waals surface area contributed by atoms with Gasteiger partial charge in [-0.05, 0) is 30.7 Å². The average molecular weight is 222 g/mol. The number of Topliss-reactive ketones (excluding diaryl/α,β-unsaturated/α-hetero) is 1. The van der Waals surface area contributed by atoms with Crippen molar-refractivity contribution in [1.29, 1.82) is 0 Å². The molecular formula is C12H14O4. The van der Waals surface area contributed by atoms with E-state index in [0.717, 1.165) is 11.3 Å². The van der Waals surface area contributed by atoms with Crippen molar-refractivity contribution < 1.29 is 19.1 Å². The van der Waals surface area contributed by atoms with Gasteiger partial charge >= 0.3 is 5.97 Å². The third-order valence-corrected chi connectivity index (χ3v) is 2.25. The SMILES string of the molecule is COC(=O)CC(=O)c1ccc(OC)c(C)c1. The number of ketones is 1. The zero-order valence-corrected chi connectivity index (χ0v) is 9.57. The Hall–Kier alpha value is -1.84. The van der Waals surface area contributed by atoms with E-state index in [0.29, 0.717) is 5.56 Å². The summed E-state index contributed by atoms with van der Waals surface area (Å²) in [5.74, 6) is -0.0642. The Balaban J connectivity index is 2.85. The number of carbonyl (C=O) groups excluding carboxylic acids is 2. The molecule has 0 amide bonds. The fraction of sp³-hybridized carbons (Fsp3) is 0.333. The van der Waals surface area contributed by atoms with Crippen LogP contribution in [-0.4, -0.2) is 26.0 Å². The lowest BCUT2D eigenvalue weighted by atomic mass is 10.1. The molecule has 0 aromatic heterocycles. The molecule has 0 saturated carbocycles. The maximum Gasteiger partial charge on any atom is 0.313 e. The highest BCUT2D eigenvalue weighted by atomic mass is 16.5. The van der Waals surface area contributed by atoms with E-state index in [4.69, 9.17) is 4.74 Å². The summed E-state index contributed by atoms with van der Waals surface area (Å²) in [6.45, 7) is 1.84. The van der Waals surface area contributed by atoms with Gasteiger partial charge in [-0.15, -0.1) is 0 Å². The predicted molar refractivity (Wildman–Crippen MR) is 58.7 cm³/mol. The molecule has 4 nitrogen and oxygen atoms in total. The van der Waals surface area contributed by atoms with Crippen LogP contribution in [0.5, 0.6) is 5.75 Å². The van der Waals surface area contributed by atoms with Crippen molar-refractivity contribution in [3.63, 3.8) is 0 Å². The number of methoxy groups -OCH3 is 2. The molecule has 1 aromatic carbocycles. The molecule has 0 N–H and O–H groups in total. The van der Waals surface area contributed by atoms with E-state index in [1.165, 1.54) is 7.11 Å². The van der Waals surface area contributed by atoms with Crippen molar-refractivity contribution in [2.75, 3.05) is 14.2 Å². The molecule has 0 heterocycles. The summed E-state index contributed by atoms with van der Waals surface area (Å²) in [6.07, 6.45) is -0.234. The fourth-order valence-corrected chi connectivity index (χ4v) is 1.36. The second kappa shape index (κ2) is 5.30. The highest BCUT2D eigenvalue weighted by Crippen LogP contribution is 2.19. The van der Waals surface area contributed by atoms with Gasteiger partial charge in [-0.3, -0.25) is 9.59 Å². The van der Waals surface area contributed by atoms with Gasteiger partial charge in [-0.25, -0.2) is 0 Å². The number of benzene rings is 1. The molecule has 0 bridgehead atoms. The lowest BCUT2D eigenvalue weighted by Crippen LogP contribution is -2.09. The van der Waals surface area contributed by atoms with Crippen LogP contribution >= 0.6 is 0 Å². The standard InChI is InChI=1S/C12H14O4/c1-8-6-9(4-5-11(8)15-2)10(13)7-12(14)16-3/h4-6H,7H2,1-3H3. The van der Waals surface area contributed by atoms with Gasteiger partial charge in [-0.2, -0.15) is 0 Å². The van der Waals surface area contributed by atoms with Gasteiger partial charge in [0.25, 0.3) is 0 Å². The number of ether oxygens (including phenoxy) is 2. The summed E-state index contributed by atoms with van der Waals surface area (Å²) in [7, 11) is 2.83. The first-order valence-corrected chi connectivity index (χ1v) is 4.83. The summed E-state index contributed by atoms with van der Waals surface area (Å²) in [5, 5.41) is 0. The van der Waals surface area contributed by atoms with E-state index in [2.05, 4.69) is 4.74 Å². The van der Waals surface area contributed by atoms with Gasteiger partial charge in [0.15, 0.2) is 5.78 Å². The topological polar surface area (TPSA) is 52.6 Å². The first kappa shape index (κ1) is 12.2. The molecule has 0 aliphatic carbocycles. The molecule has 0 saturated heterocycles. The number of aryl methyl sites for hydroxylation is 1. The summed E-state index contributed by atoms with van der Waals surface area (Å²) >= 11 is 0. The molecule has 1 aromatic rings. The molecule has 1 rings (SSSR count). The Morgan fingerprint density at radius 1 is 1.25 bits per heavy atom. The van der Waals surface area contributed by atoms with Crippen molar-refractivity contribution in [3.05, 3.63) is 29.3 Å². The number of esters is 1. The van der Waals surface area contributed by atoms with Crippen molar-refractivity contribution >= 4 is 11.8 Å². The first-order valence-electron chi connectivity index (χ1n) is 4.83. The molecule has 86 valence electrons. The van der Waals surface area contributed by atoms with E-state index in [9.17, 15) is 9.59 Å². The van der Waals surface area contributed by atoms with Crippen LogP contribution in [0.1, 0.15) is 22.3 Å². The minimum Gasteiger partial charge on any atom is -0.496 e. The third-order valence-electron chi connectivity index (χ3n) is 2.25. The van der Waals surface area contributed by atoms with Gasteiger partial charge in [0.1, 0.15) is 12.2 Å². The molecule has 0 atom stereocenters. The van der Waals surface area contributed by atoms with Crippen LogP contribution in [0.2, 0.25) is 0 Å². The summed E-state index contributed by atoms with van der Waals surface area (Å²) in [6, 6.07) is 5.04. The molecule has 0 fully saturated rings. The van der Waals surface area contributed by atoms with Crippen molar-refractivity contribution in [3.8, 4) is 5.75 Å². The van der Waals surface area contributed by atoms with Gasteiger partial charge in [0.2, 0.25) is 0 Å². The zero-order valence-electron chi connectivity index (χ0n) is 9.57.